The van der Waals surface area contributed by atoms with Crippen LogP contribution in [0.25, 0.3) is 5.52 Å². The van der Waals surface area contributed by atoms with Crippen molar-refractivity contribution in [3.05, 3.63) is 29.6 Å². The lowest BCUT2D eigenvalue weighted by atomic mass is 10.0. The number of carbonyl (C=O) groups is 1. The average molecular weight is 337 g/mol. The molecule has 1 aliphatic heterocycles. The minimum Gasteiger partial charge on any atom is -0.462 e. The van der Waals surface area contributed by atoms with Crippen LogP contribution < -0.4 is 5.73 Å². The highest BCUT2D eigenvalue weighted by Crippen LogP contribution is 2.29. The normalized spacial score (nSPS) is 20.5. The molecule has 1 unspecified atom stereocenters. The fourth-order valence-electron chi connectivity index (χ4n) is 2.91. The van der Waals surface area contributed by atoms with E-state index in [1.54, 1.807) is 17.5 Å². The van der Waals surface area contributed by atoms with Crippen LogP contribution in [0.15, 0.2) is 18.3 Å². The van der Waals surface area contributed by atoms with Crippen LogP contribution in [0.2, 0.25) is 0 Å². The summed E-state index contributed by atoms with van der Waals surface area (Å²) in [5, 5.41) is 4.44. The number of nitrogen functional groups attached to an aromatic ring is 1. The standard InChI is InChI=1S/C15H19N3O4S/c1-2-22-15(19)12-8-18-11(6-13(12)16)7-14(17-18)10-4-3-5-23(20,21)9-10/h6-8,10H,2-5,9,16H2,1H3. The van der Waals surface area contributed by atoms with Crippen LogP contribution in [0.1, 0.15) is 41.7 Å². The smallest absolute Gasteiger partial charge is 0.341 e. The van der Waals surface area contributed by atoms with Crippen molar-refractivity contribution < 1.29 is 17.9 Å². The van der Waals surface area contributed by atoms with Gasteiger partial charge in [-0.2, -0.15) is 5.10 Å². The quantitative estimate of drug-likeness (QED) is 0.849. The Kier molecular flexibility index (Phi) is 4.01. The molecule has 1 fully saturated rings. The fourth-order valence-corrected chi connectivity index (χ4v) is 4.63. The van der Waals surface area contributed by atoms with Gasteiger partial charge in [-0.1, -0.05) is 0 Å². The zero-order valence-corrected chi connectivity index (χ0v) is 13.7. The summed E-state index contributed by atoms with van der Waals surface area (Å²) in [6, 6.07) is 3.48. The number of rotatable bonds is 3. The Bertz CT molecular complexity index is 857. The summed E-state index contributed by atoms with van der Waals surface area (Å²) in [7, 11) is -3.00. The highest BCUT2D eigenvalue weighted by atomic mass is 32.2. The molecule has 2 aromatic heterocycles. The number of nitrogens with zero attached hydrogens (tertiary/aromatic N) is 2. The Hall–Kier alpha value is -2.09. The van der Waals surface area contributed by atoms with Gasteiger partial charge in [0.05, 0.1) is 29.3 Å². The highest BCUT2D eigenvalue weighted by molar-refractivity contribution is 7.91. The Morgan fingerprint density at radius 3 is 2.96 bits per heavy atom. The maximum Gasteiger partial charge on any atom is 0.341 e. The maximum atomic E-state index is 11.9. The van der Waals surface area contributed by atoms with E-state index >= 15 is 0 Å². The van der Waals surface area contributed by atoms with Crippen LogP contribution in [0, 0.1) is 0 Å². The second-order valence-electron chi connectivity index (χ2n) is 5.76. The molecule has 124 valence electrons. The number of sulfone groups is 1. The first-order valence-electron chi connectivity index (χ1n) is 7.56. The van der Waals surface area contributed by atoms with Gasteiger partial charge in [0.15, 0.2) is 9.84 Å². The van der Waals surface area contributed by atoms with Crippen molar-refractivity contribution in [2.45, 2.75) is 25.7 Å². The second-order valence-corrected chi connectivity index (χ2v) is 7.98. The summed E-state index contributed by atoms with van der Waals surface area (Å²) in [6.07, 6.45) is 2.98. The number of pyridine rings is 1. The second kappa shape index (κ2) is 5.84. The summed E-state index contributed by atoms with van der Waals surface area (Å²) >= 11 is 0. The van der Waals surface area contributed by atoms with E-state index in [0.717, 1.165) is 11.9 Å². The SMILES string of the molecule is CCOC(=O)c1cn2nc(C3CCCS(=O)(=O)C3)cc2cc1N. The van der Waals surface area contributed by atoms with Crippen LogP contribution in [0.4, 0.5) is 5.69 Å². The lowest BCUT2D eigenvalue weighted by molar-refractivity contribution is 0.0527. The molecular weight excluding hydrogens is 318 g/mol. The number of nitrogens with two attached hydrogens (primary N) is 1. The Morgan fingerprint density at radius 2 is 2.26 bits per heavy atom. The Balaban J connectivity index is 1.97. The third-order valence-electron chi connectivity index (χ3n) is 4.03. The number of hydrogen-bond acceptors (Lipinski definition) is 6. The molecule has 1 aliphatic rings. The van der Waals surface area contributed by atoms with E-state index in [4.69, 9.17) is 10.5 Å². The number of hydrogen-bond donors (Lipinski definition) is 1. The highest BCUT2D eigenvalue weighted by Gasteiger charge is 2.28. The van der Waals surface area contributed by atoms with E-state index in [2.05, 4.69) is 5.10 Å². The van der Waals surface area contributed by atoms with Gasteiger partial charge in [0.25, 0.3) is 0 Å². The molecule has 3 rings (SSSR count). The molecule has 0 aliphatic carbocycles. The average Bonchev–Trinajstić information content (AvgIpc) is 2.88. The summed E-state index contributed by atoms with van der Waals surface area (Å²) in [5.41, 5.74) is 7.93. The van der Waals surface area contributed by atoms with E-state index in [1.807, 2.05) is 6.07 Å². The number of carbonyl (C=O) groups excluding carboxylic acids is 1. The molecule has 23 heavy (non-hydrogen) atoms. The van der Waals surface area contributed by atoms with Gasteiger partial charge in [-0.3, -0.25) is 0 Å². The zero-order valence-electron chi connectivity index (χ0n) is 12.9. The number of esters is 1. The summed E-state index contributed by atoms with van der Waals surface area (Å²) < 4.78 is 30.1. The van der Waals surface area contributed by atoms with Crippen molar-refractivity contribution in [2.24, 2.45) is 0 Å². The maximum absolute atomic E-state index is 11.9. The third-order valence-corrected chi connectivity index (χ3v) is 5.85. The number of aromatic nitrogens is 2. The Morgan fingerprint density at radius 1 is 1.48 bits per heavy atom. The molecule has 0 amide bonds. The number of fused-ring (bicyclic) bond motifs is 1. The van der Waals surface area contributed by atoms with E-state index < -0.39 is 15.8 Å². The largest absolute Gasteiger partial charge is 0.462 e. The summed E-state index contributed by atoms with van der Waals surface area (Å²) in [6.45, 7) is 1.99. The van der Waals surface area contributed by atoms with Gasteiger partial charge in [-0.15, -0.1) is 0 Å². The van der Waals surface area contributed by atoms with Crippen molar-refractivity contribution in [3.63, 3.8) is 0 Å². The molecule has 7 nitrogen and oxygen atoms in total. The lowest BCUT2D eigenvalue weighted by Gasteiger charge is -2.19. The van der Waals surface area contributed by atoms with Gasteiger partial charge in [-0.05, 0) is 31.9 Å². The van der Waals surface area contributed by atoms with Crippen LogP contribution in [-0.4, -0.2) is 42.1 Å². The zero-order chi connectivity index (χ0) is 16.6. The van der Waals surface area contributed by atoms with E-state index in [9.17, 15) is 13.2 Å². The summed E-state index contributed by atoms with van der Waals surface area (Å²) in [4.78, 5) is 11.9. The van der Waals surface area contributed by atoms with Gasteiger partial charge < -0.3 is 10.5 Å². The number of ether oxygens (including phenoxy) is 1. The van der Waals surface area contributed by atoms with E-state index in [-0.39, 0.29) is 29.6 Å². The van der Waals surface area contributed by atoms with Crippen LogP contribution in [0.5, 0.6) is 0 Å². The molecular formula is C15H19N3O4S. The van der Waals surface area contributed by atoms with Gasteiger partial charge >= 0.3 is 5.97 Å². The fraction of sp³-hybridized carbons (Fsp3) is 0.467. The molecule has 8 heteroatoms. The molecule has 0 saturated carbocycles. The predicted molar refractivity (Wildman–Crippen MR) is 86.2 cm³/mol. The first kappa shape index (κ1) is 15.8. The minimum absolute atomic E-state index is 0.110. The van der Waals surface area contributed by atoms with Crippen molar-refractivity contribution in [2.75, 3.05) is 23.8 Å². The molecule has 0 aromatic carbocycles. The molecule has 1 saturated heterocycles. The van der Waals surface area contributed by atoms with Gasteiger partial charge in [0, 0.05) is 17.8 Å². The lowest BCUT2D eigenvalue weighted by Crippen LogP contribution is -2.23. The molecule has 3 heterocycles. The first-order valence-corrected chi connectivity index (χ1v) is 9.38. The topological polar surface area (TPSA) is 104 Å². The predicted octanol–water partition coefficient (Wildman–Crippen LogP) is 1.39. The Labute approximate surface area is 134 Å². The van der Waals surface area contributed by atoms with Gasteiger partial charge in [0.2, 0.25) is 0 Å². The van der Waals surface area contributed by atoms with Crippen molar-refractivity contribution in [1.29, 1.82) is 0 Å². The third kappa shape index (κ3) is 3.17. The van der Waals surface area contributed by atoms with Crippen molar-refractivity contribution in [3.8, 4) is 0 Å². The summed E-state index contributed by atoms with van der Waals surface area (Å²) in [5.74, 6) is -0.237. The van der Waals surface area contributed by atoms with E-state index in [1.165, 1.54) is 6.20 Å². The van der Waals surface area contributed by atoms with Crippen LogP contribution in [-0.2, 0) is 14.6 Å². The number of anilines is 1. The molecule has 0 bridgehead atoms. The van der Waals surface area contributed by atoms with Gasteiger partial charge in [0.1, 0.15) is 5.56 Å². The molecule has 2 N–H and O–H groups in total. The van der Waals surface area contributed by atoms with Gasteiger partial charge in [-0.25, -0.2) is 17.7 Å². The van der Waals surface area contributed by atoms with Crippen molar-refractivity contribution >= 4 is 27.0 Å². The molecule has 0 spiro atoms. The van der Waals surface area contributed by atoms with Crippen LogP contribution in [0.3, 0.4) is 0 Å². The van der Waals surface area contributed by atoms with E-state index in [0.29, 0.717) is 17.8 Å². The van der Waals surface area contributed by atoms with Crippen LogP contribution >= 0.6 is 0 Å². The molecule has 2 aromatic rings. The molecule has 0 radical (unpaired) electrons. The van der Waals surface area contributed by atoms with Crippen molar-refractivity contribution in [1.82, 2.24) is 9.61 Å². The minimum atomic E-state index is -3.00. The monoisotopic (exact) mass is 337 g/mol. The molecule has 1 atom stereocenters. The first-order chi connectivity index (χ1) is 10.9.